The van der Waals surface area contributed by atoms with Crippen LogP contribution >= 0.6 is 0 Å². The molecule has 4 aliphatic rings. The van der Waals surface area contributed by atoms with Crippen molar-refractivity contribution in [2.24, 2.45) is 0 Å². The minimum atomic E-state index is -0.707. The Morgan fingerprint density at radius 1 is 0.441 bits per heavy atom. The smallest absolute Gasteiger partial charge is 0.339 e. The third-order valence-corrected chi connectivity index (χ3v) is 7.34. The topological polar surface area (TPSA) is 105 Å². The SMILES string of the molecule is O=C(OC1CCC1)c1cc(C(=O)OC2CCC2)c(C(=O)OC2CCC2)cc1C(=O)OC1CCC1. The molecule has 0 unspecified atom stereocenters. The van der Waals surface area contributed by atoms with E-state index in [1.165, 1.54) is 12.1 Å². The van der Waals surface area contributed by atoms with Gasteiger partial charge in [0.2, 0.25) is 0 Å². The standard InChI is InChI=1S/C26H30O8/c27-23(31-15-5-1-6-15)19-13-21(25(29)33-17-9-3-10-17)22(26(30)34-18-11-4-12-18)14-20(19)24(28)32-16-7-2-8-16/h13-18H,1-12H2. The van der Waals surface area contributed by atoms with E-state index in [1.807, 2.05) is 0 Å². The molecule has 34 heavy (non-hydrogen) atoms. The number of hydrogen-bond donors (Lipinski definition) is 0. The van der Waals surface area contributed by atoms with Crippen LogP contribution in [0.2, 0.25) is 0 Å². The van der Waals surface area contributed by atoms with Gasteiger partial charge in [-0.2, -0.15) is 0 Å². The Morgan fingerprint density at radius 2 is 0.647 bits per heavy atom. The van der Waals surface area contributed by atoms with E-state index in [4.69, 9.17) is 18.9 Å². The summed E-state index contributed by atoms with van der Waals surface area (Å²) in [6.07, 6.45) is 9.12. The van der Waals surface area contributed by atoms with Gasteiger partial charge in [-0.25, -0.2) is 19.2 Å². The van der Waals surface area contributed by atoms with Gasteiger partial charge in [-0.3, -0.25) is 0 Å². The van der Waals surface area contributed by atoms with E-state index >= 15 is 0 Å². The van der Waals surface area contributed by atoms with E-state index in [1.54, 1.807) is 0 Å². The van der Waals surface area contributed by atoms with Crippen molar-refractivity contribution >= 4 is 23.9 Å². The largest absolute Gasteiger partial charge is 0.459 e. The minimum absolute atomic E-state index is 0.0861. The Hall–Kier alpha value is -2.90. The molecule has 182 valence electrons. The van der Waals surface area contributed by atoms with Crippen molar-refractivity contribution in [3.63, 3.8) is 0 Å². The predicted octanol–water partition coefficient (Wildman–Crippen LogP) is 4.52. The van der Waals surface area contributed by atoms with Crippen LogP contribution in [0.1, 0.15) is 118 Å². The van der Waals surface area contributed by atoms with Crippen LogP contribution in [0.3, 0.4) is 0 Å². The molecule has 4 aliphatic carbocycles. The third-order valence-electron chi connectivity index (χ3n) is 7.34. The average molecular weight is 471 g/mol. The molecule has 5 rings (SSSR count). The first-order valence-corrected chi connectivity index (χ1v) is 12.5. The van der Waals surface area contributed by atoms with E-state index in [0.29, 0.717) is 0 Å². The zero-order valence-corrected chi connectivity index (χ0v) is 19.2. The molecular formula is C26H30O8. The maximum absolute atomic E-state index is 13.0. The van der Waals surface area contributed by atoms with Gasteiger partial charge in [0.15, 0.2) is 0 Å². The molecule has 1 aromatic rings. The second-order valence-electron chi connectivity index (χ2n) is 9.78. The highest BCUT2D eigenvalue weighted by Gasteiger charge is 2.34. The Morgan fingerprint density at radius 3 is 0.794 bits per heavy atom. The van der Waals surface area contributed by atoms with Crippen LogP contribution in [0, 0.1) is 0 Å². The molecule has 0 N–H and O–H groups in total. The summed E-state index contributed by atoms with van der Waals surface area (Å²) in [5, 5.41) is 0. The summed E-state index contributed by atoms with van der Waals surface area (Å²) in [5.41, 5.74) is -0.345. The summed E-state index contributed by atoms with van der Waals surface area (Å²) in [6.45, 7) is 0. The van der Waals surface area contributed by atoms with Crippen LogP contribution < -0.4 is 0 Å². The minimum Gasteiger partial charge on any atom is -0.459 e. The highest BCUT2D eigenvalue weighted by Crippen LogP contribution is 2.31. The fourth-order valence-corrected chi connectivity index (χ4v) is 4.09. The second kappa shape index (κ2) is 9.76. The Labute approximate surface area is 198 Å². The van der Waals surface area contributed by atoms with Crippen LogP contribution in [-0.2, 0) is 18.9 Å². The van der Waals surface area contributed by atoms with Crippen LogP contribution in [0.15, 0.2) is 12.1 Å². The van der Waals surface area contributed by atoms with Crippen LogP contribution in [0.4, 0.5) is 0 Å². The zero-order chi connectivity index (χ0) is 23.7. The van der Waals surface area contributed by atoms with Gasteiger partial charge in [0.05, 0.1) is 22.3 Å². The molecule has 0 aromatic heterocycles. The summed E-state index contributed by atoms with van der Waals surface area (Å²) in [4.78, 5) is 52.1. The monoisotopic (exact) mass is 470 g/mol. The van der Waals surface area contributed by atoms with Gasteiger partial charge in [-0.15, -0.1) is 0 Å². The van der Waals surface area contributed by atoms with Crippen molar-refractivity contribution in [1.29, 1.82) is 0 Å². The lowest BCUT2D eigenvalue weighted by Crippen LogP contribution is -2.31. The van der Waals surface area contributed by atoms with Gasteiger partial charge in [0, 0.05) is 0 Å². The second-order valence-corrected chi connectivity index (χ2v) is 9.78. The summed E-state index contributed by atoms with van der Waals surface area (Å²) >= 11 is 0. The number of ether oxygens (including phenoxy) is 4. The van der Waals surface area contributed by atoms with Gasteiger partial charge in [0.25, 0.3) is 0 Å². The molecule has 0 radical (unpaired) electrons. The third kappa shape index (κ3) is 4.81. The molecule has 4 saturated carbocycles. The zero-order valence-electron chi connectivity index (χ0n) is 19.2. The predicted molar refractivity (Wildman–Crippen MR) is 119 cm³/mol. The highest BCUT2D eigenvalue weighted by atomic mass is 16.6. The van der Waals surface area contributed by atoms with Gasteiger partial charge < -0.3 is 18.9 Å². The quantitative estimate of drug-likeness (QED) is 0.403. The van der Waals surface area contributed by atoms with Crippen LogP contribution in [0.5, 0.6) is 0 Å². The fraction of sp³-hybridized carbons (Fsp3) is 0.615. The van der Waals surface area contributed by atoms with Crippen molar-refractivity contribution < 1.29 is 38.1 Å². The number of rotatable bonds is 8. The maximum Gasteiger partial charge on any atom is 0.339 e. The summed E-state index contributed by atoms with van der Waals surface area (Å²) < 4.78 is 22.1. The van der Waals surface area contributed by atoms with Crippen molar-refractivity contribution in [2.45, 2.75) is 101 Å². The van der Waals surface area contributed by atoms with Crippen LogP contribution in [-0.4, -0.2) is 48.3 Å². The fourth-order valence-electron chi connectivity index (χ4n) is 4.09. The molecule has 0 aliphatic heterocycles. The van der Waals surface area contributed by atoms with Crippen molar-refractivity contribution in [3.8, 4) is 0 Å². The molecule has 0 heterocycles. The van der Waals surface area contributed by atoms with Crippen molar-refractivity contribution in [3.05, 3.63) is 34.4 Å². The van der Waals surface area contributed by atoms with E-state index in [-0.39, 0.29) is 46.7 Å². The summed E-state index contributed by atoms with van der Waals surface area (Å²) in [5.74, 6) is -2.83. The summed E-state index contributed by atoms with van der Waals surface area (Å²) in [6, 6.07) is 2.49. The first kappa shape index (κ1) is 22.9. The maximum atomic E-state index is 13.0. The number of carbonyl (C=O) groups excluding carboxylic acids is 4. The number of esters is 4. The van der Waals surface area contributed by atoms with Gasteiger partial charge in [-0.05, 0) is 89.2 Å². The summed E-state index contributed by atoms with van der Waals surface area (Å²) in [7, 11) is 0. The van der Waals surface area contributed by atoms with Gasteiger partial charge >= 0.3 is 23.9 Å². The molecule has 4 fully saturated rings. The lowest BCUT2D eigenvalue weighted by Gasteiger charge is -2.28. The first-order chi connectivity index (χ1) is 16.5. The number of carbonyl (C=O) groups is 4. The van der Waals surface area contributed by atoms with Gasteiger partial charge in [0.1, 0.15) is 24.4 Å². The number of hydrogen-bond acceptors (Lipinski definition) is 8. The molecule has 8 nitrogen and oxygen atoms in total. The first-order valence-electron chi connectivity index (χ1n) is 12.5. The molecule has 0 bridgehead atoms. The van der Waals surface area contributed by atoms with Crippen LogP contribution in [0.25, 0.3) is 0 Å². The Bertz CT molecular complexity index is 829. The highest BCUT2D eigenvalue weighted by molar-refractivity contribution is 6.10. The molecule has 8 heteroatoms. The molecule has 0 amide bonds. The lowest BCUT2D eigenvalue weighted by atomic mass is 9.93. The normalized spacial score (nSPS) is 20.7. The molecule has 0 saturated heterocycles. The van der Waals surface area contributed by atoms with E-state index in [9.17, 15) is 19.2 Å². The van der Waals surface area contributed by atoms with Crippen molar-refractivity contribution in [1.82, 2.24) is 0 Å². The molecular weight excluding hydrogens is 440 g/mol. The van der Waals surface area contributed by atoms with E-state index < -0.39 is 23.9 Å². The average Bonchev–Trinajstić information content (AvgIpc) is 2.71. The molecule has 0 spiro atoms. The van der Waals surface area contributed by atoms with E-state index in [2.05, 4.69) is 0 Å². The lowest BCUT2D eigenvalue weighted by molar-refractivity contribution is 0.00294. The Balaban J connectivity index is 1.50. The van der Waals surface area contributed by atoms with E-state index in [0.717, 1.165) is 77.0 Å². The number of benzene rings is 1. The molecule has 1 aromatic carbocycles. The molecule has 0 atom stereocenters. The Kier molecular flexibility index (Phi) is 6.57. The van der Waals surface area contributed by atoms with Gasteiger partial charge in [-0.1, -0.05) is 0 Å². The van der Waals surface area contributed by atoms with Crippen molar-refractivity contribution in [2.75, 3.05) is 0 Å².